The molecule has 1 aliphatic rings. The Morgan fingerprint density at radius 3 is 2.92 bits per heavy atom. The summed E-state index contributed by atoms with van der Waals surface area (Å²) in [5.41, 5.74) is 2.36. The predicted octanol–water partition coefficient (Wildman–Crippen LogP) is 3.23. The Morgan fingerprint density at radius 1 is 1.27 bits per heavy atom. The van der Waals surface area contributed by atoms with Gasteiger partial charge in [0.2, 0.25) is 17.7 Å². The molecule has 0 aliphatic heterocycles. The van der Waals surface area contributed by atoms with E-state index in [1.807, 2.05) is 12.1 Å². The van der Waals surface area contributed by atoms with Crippen LogP contribution in [0.4, 0.5) is 0 Å². The number of aryl methyl sites for hydroxylation is 1. The number of benzene rings is 1. The monoisotopic (exact) mass is 352 g/mol. The molecule has 1 saturated carbocycles. The van der Waals surface area contributed by atoms with Gasteiger partial charge in [-0.05, 0) is 49.6 Å². The molecule has 1 amide bonds. The summed E-state index contributed by atoms with van der Waals surface area (Å²) in [4.78, 5) is 11.2. The Kier molecular flexibility index (Phi) is 4.49. The summed E-state index contributed by atoms with van der Waals surface area (Å²) in [6.45, 7) is 4.26. The molecule has 0 spiro atoms. The molecule has 1 fully saturated rings. The molecule has 0 saturated heterocycles. The third-order valence-electron chi connectivity index (χ3n) is 5.23. The largest absolute Gasteiger partial charge is 0.423 e. The van der Waals surface area contributed by atoms with E-state index in [4.69, 9.17) is 4.42 Å². The lowest BCUT2D eigenvalue weighted by Crippen LogP contribution is -2.30. The third-order valence-corrected chi connectivity index (χ3v) is 5.23. The molecule has 136 valence electrons. The summed E-state index contributed by atoms with van der Waals surface area (Å²) in [6.07, 6.45) is 3.89. The SMILES string of the molecule is CC(=O)N[C@H]1CC[C@@H](Cc2nnc(Cn3c(C)cc4ccccc43)o2)C1. The minimum atomic E-state index is 0.0463. The van der Waals surface area contributed by atoms with Gasteiger partial charge in [0.15, 0.2) is 0 Å². The lowest BCUT2D eigenvalue weighted by molar-refractivity contribution is -0.119. The van der Waals surface area contributed by atoms with E-state index in [0.717, 1.165) is 25.7 Å². The average molecular weight is 352 g/mol. The van der Waals surface area contributed by atoms with E-state index in [2.05, 4.69) is 45.2 Å². The van der Waals surface area contributed by atoms with Crippen molar-refractivity contribution in [1.82, 2.24) is 20.1 Å². The minimum Gasteiger partial charge on any atom is -0.423 e. The lowest BCUT2D eigenvalue weighted by Gasteiger charge is -2.10. The first-order valence-corrected chi connectivity index (χ1v) is 9.21. The molecule has 2 heterocycles. The zero-order valence-electron chi connectivity index (χ0n) is 15.2. The fourth-order valence-electron chi connectivity index (χ4n) is 4.05. The highest BCUT2D eigenvalue weighted by molar-refractivity contribution is 5.81. The summed E-state index contributed by atoms with van der Waals surface area (Å²) in [5.74, 6) is 1.88. The van der Waals surface area contributed by atoms with E-state index in [-0.39, 0.29) is 11.9 Å². The molecule has 1 N–H and O–H groups in total. The molecule has 3 aromatic rings. The zero-order chi connectivity index (χ0) is 18.1. The van der Waals surface area contributed by atoms with Crippen molar-refractivity contribution in [2.45, 2.75) is 52.1 Å². The van der Waals surface area contributed by atoms with Gasteiger partial charge in [-0.2, -0.15) is 0 Å². The second-order valence-electron chi connectivity index (χ2n) is 7.30. The number of fused-ring (bicyclic) bond motifs is 1. The molecular formula is C20H24N4O2. The van der Waals surface area contributed by atoms with Crippen LogP contribution in [0.5, 0.6) is 0 Å². The van der Waals surface area contributed by atoms with Crippen molar-refractivity contribution in [3.63, 3.8) is 0 Å². The van der Waals surface area contributed by atoms with Gasteiger partial charge < -0.3 is 14.3 Å². The number of nitrogens with zero attached hydrogens (tertiary/aromatic N) is 3. The highest BCUT2D eigenvalue weighted by Gasteiger charge is 2.26. The molecule has 2 aromatic heterocycles. The number of amides is 1. The van der Waals surface area contributed by atoms with E-state index >= 15 is 0 Å². The molecule has 6 heteroatoms. The van der Waals surface area contributed by atoms with Crippen LogP contribution in [0.1, 0.15) is 43.7 Å². The van der Waals surface area contributed by atoms with Crippen LogP contribution in [0.2, 0.25) is 0 Å². The molecule has 1 aromatic carbocycles. The van der Waals surface area contributed by atoms with Gasteiger partial charge in [0.1, 0.15) is 6.54 Å². The fraction of sp³-hybridized carbons (Fsp3) is 0.450. The van der Waals surface area contributed by atoms with Crippen LogP contribution >= 0.6 is 0 Å². The van der Waals surface area contributed by atoms with Gasteiger partial charge in [-0.25, -0.2) is 0 Å². The van der Waals surface area contributed by atoms with Gasteiger partial charge >= 0.3 is 0 Å². The van der Waals surface area contributed by atoms with Crippen molar-refractivity contribution < 1.29 is 9.21 Å². The van der Waals surface area contributed by atoms with E-state index in [0.29, 0.717) is 24.2 Å². The number of carbonyl (C=O) groups is 1. The minimum absolute atomic E-state index is 0.0463. The smallest absolute Gasteiger partial charge is 0.236 e. The summed E-state index contributed by atoms with van der Waals surface area (Å²) < 4.78 is 8.11. The Bertz CT molecular complexity index is 927. The number of hydrogen-bond acceptors (Lipinski definition) is 4. The van der Waals surface area contributed by atoms with Gasteiger partial charge in [0.05, 0.1) is 0 Å². The second-order valence-corrected chi connectivity index (χ2v) is 7.30. The van der Waals surface area contributed by atoms with Crippen molar-refractivity contribution in [1.29, 1.82) is 0 Å². The Hall–Kier alpha value is -2.63. The van der Waals surface area contributed by atoms with Crippen molar-refractivity contribution in [3.8, 4) is 0 Å². The maximum absolute atomic E-state index is 11.2. The number of aromatic nitrogens is 3. The van der Waals surface area contributed by atoms with Gasteiger partial charge in [-0.1, -0.05) is 18.2 Å². The number of para-hydroxylation sites is 1. The third kappa shape index (κ3) is 3.49. The molecule has 0 bridgehead atoms. The second kappa shape index (κ2) is 6.94. The zero-order valence-corrected chi connectivity index (χ0v) is 15.2. The molecule has 26 heavy (non-hydrogen) atoms. The average Bonchev–Trinajstić information content (AvgIpc) is 3.29. The highest BCUT2D eigenvalue weighted by atomic mass is 16.4. The number of carbonyl (C=O) groups excluding carboxylic acids is 1. The molecule has 0 unspecified atom stereocenters. The van der Waals surface area contributed by atoms with Gasteiger partial charge in [-0.3, -0.25) is 4.79 Å². The van der Waals surface area contributed by atoms with Crippen LogP contribution in [-0.4, -0.2) is 26.7 Å². The summed E-state index contributed by atoms with van der Waals surface area (Å²) in [5, 5.41) is 12.7. The molecule has 0 radical (unpaired) electrons. The van der Waals surface area contributed by atoms with E-state index in [1.165, 1.54) is 16.6 Å². The normalized spacial score (nSPS) is 19.9. The van der Waals surface area contributed by atoms with Crippen molar-refractivity contribution in [2.24, 2.45) is 5.92 Å². The predicted molar refractivity (Wildman–Crippen MR) is 98.7 cm³/mol. The lowest BCUT2D eigenvalue weighted by atomic mass is 10.0. The summed E-state index contributed by atoms with van der Waals surface area (Å²) in [6, 6.07) is 10.8. The van der Waals surface area contributed by atoms with Gasteiger partial charge in [-0.15, -0.1) is 10.2 Å². The highest BCUT2D eigenvalue weighted by Crippen LogP contribution is 2.28. The van der Waals surface area contributed by atoms with Crippen LogP contribution in [0.15, 0.2) is 34.7 Å². The fourth-order valence-corrected chi connectivity index (χ4v) is 4.05. The van der Waals surface area contributed by atoms with Crippen molar-refractivity contribution in [2.75, 3.05) is 0 Å². The molecular weight excluding hydrogens is 328 g/mol. The quantitative estimate of drug-likeness (QED) is 0.765. The number of nitrogens with one attached hydrogen (secondary N) is 1. The first-order valence-electron chi connectivity index (χ1n) is 9.21. The number of hydrogen-bond donors (Lipinski definition) is 1. The van der Waals surface area contributed by atoms with Gasteiger partial charge in [0, 0.05) is 30.6 Å². The van der Waals surface area contributed by atoms with Crippen LogP contribution in [0.25, 0.3) is 10.9 Å². The van der Waals surface area contributed by atoms with Crippen molar-refractivity contribution >= 4 is 16.8 Å². The standard InChI is InChI=1S/C20H24N4O2/c1-13-9-16-5-3-4-6-18(16)24(13)12-20-23-22-19(26-20)11-15-7-8-17(10-15)21-14(2)25/h3-6,9,15,17H,7-8,10-12H2,1-2H3,(H,21,25)/t15-,17+/m1/s1. The Morgan fingerprint density at radius 2 is 2.08 bits per heavy atom. The molecule has 4 rings (SSSR count). The maximum Gasteiger partial charge on any atom is 0.236 e. The van der Waals surface area contributed by atoms with E-state index < -0.39 is 0 Å². The van der Waals surface area contributed by atoms with E-state index in [1.54, 1.807) is 6.92 Å². The van der Waals surface area contributed by atoms with Crippen LogP contribution < -0.4 is 5.32 Å². The maximum atomic E-state index is 11.2. The van der Waals surface area contributed by atoms with Crippen LogP contribution in [-0.2, 0) is 17.8 Å². The van der Waals surface area contributed by atoms with Crippen LogP contribution in [0.3, 0.4) is 0 Å². The topological polar surface area (TPSA) is 73.0 Å². The summed E-state index contributed by atoms with van der Waals surface area (Å²) >= 11 is 0. The number of rotatable bonds is 5. The Labute approximate surface area is 152 Å². The molecule has 1 aliphatic carbocycles. The molecule has 6 nitrogen and oxygen atoms in total. The van der Waals surface area contributed by atoms with Crippen LogP contribution in [0, 0.1) is 12.8 Å². The first-order chi connectivity index (χ1) is 12.6. The van der Waals surface area contributed by atoms with Crippen molar-refractivity contribution in [3.05, 3.63) is 47.8 Å². The van der Waals surface area contributed by atoms with Gasteiger partial charge in [0.25, 0.3) is 0 Å². The molecule has 2 atom stereocenters. The first kappa shape index (κ1) is 16.8. The summed E-state index contributed by atoms with van der Waals surface area (Å²) in [7, 11) is 0. The van der Waals surface area contributed by atoms with E-state index in [9.17, 15) is 4.79 Å². The Balaban J connectivity index is 1.42.